The molecule has 5 rings (SSSR count). The van der Waals surface area contributed by atoms with E-state index in [1.807, 2.05) is 36.4 Å². The van der Waals surface area contributed by atoms with Crippen LogP contribution in [-0.4, -0.2) is 24.7 Å². The SMILES string of the molecule is COc1cccc(CC(=O)N[C@@H]2CC3(CCC3)Oc3c(Cl)cccc32)c1OC1CCCC1. The van der Waals surface area contributed by atoms with E-state index in [1.165, 1.54) is 12.8 Å². The van der Waals surface area contributed by atoms with Crippen LogP contribution in [0.1, 0.15) is 68.5 Å². The van der Waals surface area contributed by atoms with Crippen LogP contribution in [0.2, 0.25) is 5.02 Å². The lowest BCUT2D eigenvalue weighted by Gasteiger charge is -2.48. The fourth-order valence-electron chi connectivity index (χ4n) is 5.24. The van der Waals surface area contributed by atoms with Crippen molar-refractivity contribution in [2.75, 3.05) is 7.11 Å². The van der Waals surface area contributed by atoms with E-state index in [9.17, 15) is 4.79 Å². The predicted octanol–water partition coefficient (Wildman–Crippen LogP) is 5.78. The summed E-state index contributed by atoms with van der Waals surface area (Å²) in [5.74, 6) is 2.06. The number of amides is 1. The summed E-state index contributed by atoms with van der Waals surface area (Å²) in [4.78, 5) is 13.2. The maximum Gasteiger partial charge on any atom is 0.225 e. The van der Waals surface area contributed by atoms with Gasteiger partial charge in [-0.2, -0.15) is 0 Å². The Labute approximate surface area is 194 Å². The lowest BCUT2D eigenvalue weighted by Crippen LogP contribution is -2.50. The first kappa shape index (κ1) is 21.4. The second kappa shape index (κ2) is 8.86. The molecule has 170 valence electrons. The summed E-state index contributed by atoms with van der Waals surface area (Å²) in [6.45, 7) is 0. The number of hydrogen-bond acceptors (Lipinski definition) is 4. The molecule has 1 N–H and O–H groups in total. The van der Waals surface area contributed by atoms with Crippen molar-refractivity contribution < 1.29 is 19.0 Å². The number of carbonyl (C=O) groups is 1. The van der Waals surface area contributed by atoms with Crippen molar-refractivity contribution in [3.63, 3.8) is 0 Å². The predicted molar refractivity (Wildman–Crippen MR) is 124 cm³/mol. The summed E-state index contributed by atoms with van der Waals surface area (Å²) < 4.78 is 18.2. The van der Waals surface area contributed by atoms with E-state index in [2.05, 4.69) is 5.32 Å². The number of fused-ring (bicyclic) bond motifs is 1. The van der Waals surface area contributed by atoms with Gasteiger partial charge >= 0.3 is 0 Å². The molecular weight excluding hydrogens is 426 g/mol. The zero-order valence-electron chi connectivity index (χ0n) is 18.5. The molecule has 1 aliphatic heterocycles. The molecule has 2 fully saturated rings. The molecule has 2 aliphatic carbocycles. The Bertz CT molecular complexity index is 997. The average molecular weight is 456 g/mol. The summed E-state index contributed by atoms with van der Waals surface area (Å²) in [5.41, 5.74) is 1.60. The lowest BCUT2D eigenvalue weighted by atomic mass is 9.73. The number of nitrogens with one attached hydrogen (secondary N) is 1. The topological polar surface area (TPSA) is 56.8 Å². The number of para-hydroxylation sites is 2. The van der Waals surface area contributed by atoms with Crippen molar-refractivity contribution in [1.82, 2.24) is 5.32 Å². The second-order valence-electron chi connectivity index (χ2n) is 9.27. The Morgan fingerprint density at radius 2 is 1.94 bits per heavy atom. The van der Waals surface area contributed by atoms with Crippen LogP contribution in [0, 0.1) is 0 Å². The summed E-state index contributed by atoms with van der Waals surface area (Å²) in [5, 5.41) is 3.86. The number of ether oxygens (including phenoxy) is 3. The third-order valence-electron chi connectivity index (χ3n) is 7.09. The molecule has 0 saturated heterocycles. The van der Waals surface area contributed by atoms with Gasteiger partial charge in [0.05, 0.1) is 30.7 Å². The summed E-state index contributed by atoms with van der Waals surface area (Å²) in [7, 11) is 1.64. The van der Waals surface area contributed by atoms with Crippen molar-refractivity contribution in [2.45, 2.75) is 75.5 Å². The Morgan fingerprint density at radius 3 is 2.66 bits per heavy atom. The minimum atomic E-state index is -0.206. The second-order valence-corrected chi connectivity index (χ2v) is 9.68. The largest absolute Gasteiger partial charge is 0.493 e. The molecule has 3 aliphatic rings. The van der Waals surface area contributed by atoms with E-state index < -0.39 is 0 Å². The fourth-order valence-corrected chi connectivity index (χ4v) is 5.46. The van der Waals surface area contributed by atoms with Crippen LogP contribution in [0.15, 0.2) is 36.4 Å². The number of halogens is 1. The van der Waals surface area contributed by atoms with Gasteiger partial charge in [0, 0.05) is 17.5 Å². The number of methoxy groups -OCH3 is 1. The van der Waals surface area contributed by atoms with Gasteiger partial charge in [0.1, 0.15) is 11.4 Å². The van der Waals surface area contributed by atoms with Crippen LogP contribution in [0.5, 0.6) is 17.2 Å². The van der Waals surface area contributed by atoms with E-state index in [0.717, 1.165) is 55.4 Å². The minimum absolute atomic E-state index is 0.0400. The third kappa shape index (κ3) is 4.15. The van der Waals surface area contributed by atoms with E-state index in [-0.39, 0.29) is 30.1 Å². The van der Waals surface area contributed by atoms with Gasteiger partial charge < -0.3 is 19.5 Å². The first-order valence-corrected chi connectivity index (χ1v) is 12.0. The number of benzene rings is 2. The van der Waals surface area contributed by atoms with Crippen molar-refractivity contribution in [3.8, 4) is 17.2 Å². The molecule has 6 heteroatoms. The normalized spacial score (nSPS) is 21.4. The number of rotatable bonds is 6. The Hall–Kier alpha value is -2.40. The van der Waals surface area contributed by atoms with E-state index in [0.29, 0.717) is 16.5 Å². The van der Waals surface area contributed by atoms with Gasteiger partial charge in [-0.25, -0.2) is 0 Å². The van der Waals surface area contributed by atoms with Crippen LogP contribution in [0.4, 0.5) is 0 Å². The lowest BCUT2D eigenvalue weighted by molar-refractivity contribution is -0.122. The zero-order valence-corrected chi connectivity index (χ0v) is 19.2. The summed E-state index contributed by atoms with van der Waals surface area (Å²) in [6.07, 6.45) is 8.80. The monoisotopic (exact) mass is 455 g/mol. The molecule has 2 aromatic carbocycles. The van der Waals surface area contributed by atoms with Crippen molar-refractivity contribution >= 4 is 17.5 Å². The van der Waals surface area contributed by atoms with Crippen molar-refractivity contribution in [1.29, 1.82) is 0 Å². The molecule has 0 bridgehead atoms. The first-order chi connectivity index (χ1) is 15.6. The highest BCUT2D eigenvalue weighted by atomic mass is 35.5. The highest BCUT2D eigenvalue weighted by molar-refractivity contribution is 6.32. The zero-order chi connectivity index (χ0) is 22.1. The molecule has 1 amide bonds. The van der Waals surface area contributed by atoms with Gasteiger partial charge in [-0.1, -0.05) is 35.9 Å². The van der Waals surface area contributed by atoms with Crippen LogP contribution in [0.3, 0.4) is 0 Å². The molecule has 2 saturated carbocycles. The molecule has 1 atom stereocenters. The fraction of sp³-hybridized carbons (Fsp3) is 0.500. The molecule has 1 heterocycles. The molecule has 0 aromatic heterocycles. The van der Waals surface area contributed by atoms with Gasteiger partial charge in [-0.15, -0.1) is 0 Å². The quantitative estimate of drug-likeness (QED) is 0.600. The Morgan fingerprint density at radius 1 is 1.16 bits per heavy atom. The van der Waals surface area contributed by atoms with Gasteiger partial charge in [0.25, 0.3) is 0 Å². The number of carbonyl (C=O) groups excluding carboxylic acids is 1. The standard InChI is InChI=1S/C26H30ClNO4/c1-30-22-12-4-7-17(24(22)31-18-8-2-3-9-18)15-23(29)28-21-16-26(13-6-14-26)32-25-19(21)10-5-11-20(25)27/h4-5,7,10-12,18,21H,2-3,6,8-9,13-16H2,1H3,(H,28,29)/t21-/m1/s1. The van der Waals surface area contributed by atoms with Gasteiger partial charge in [-0.3, -0.25) is 4.79 Å². The van der Waals surface area contributed by atoms with Crippen LogP contribution < -0.4 is 19.5 Å². The highest BCUT2D eigenvalue weighted by Crippen LogP contribution is 2.50. The van der Waals surface area contributed by atoms with Crippen LogP contribution >= 0.6 is 11.6 Å². The molecule has 1 spiro atoms. The summed E-state index contributed by atoms with van der Waals surface area (Å²) in [6, 6.07) is 11.4. The average Bonchev–Trinajstić information content (AvgIpc) is 3.27. The highest BCUT2D eigenvalue weighted by Gasteiger charge is 2.46. The molecule has 0 unspecified atom stereocenters. The van der Waals surface area contributed by atoms with Crippen LogP contribution in [-0.2, 0) is 11.2 Å². The smallest absolute Gasteiger partial charge is 0.225 e. The van der Waals surface area contributed by atoms with Gasteiger partial charge in [0.2, 0.25) is 5.91 Å². The van der Waals surface area contributed by atoms with Crippen LogP contribution in [0.25, 0.3) is 0 Å². The molecule has 5 nitrogen and oxygen atoms in total. The van der Waals surface area contributed by atoms with Crippen molar-refractivity contribution in [3.05, 3.63) is 52.5 Å². The molecule has 2 aromatic rings. The number of hydrogen-bond donors (Lipinski definition) is 1. The molecule has 0 radical (unpaired) electrons. The van der Waals surface area contributed by atoms with E-state index in [4.69, 9.17) is 25.8 Å². The van der Waals surface area contributed by atoms with E-state index >= 15 is 0 Å². The first-order valence-electron chi connectivity index (χ1n) is 11.7. The van der Waals surface area contributed by atoms with Crippen molar-refractivity contribution in [2.24, 2.45) is 0 Å². The molecular formula is C26H30ClNO4. The maximum absolute atomic E-state index is 13.2. The van der Waals surface area contributed by atoms with Gasteiger partial charge in [-0.05, 0) is 57.1 Å². The third-order valence-corrected chi connectivity index (χ3v) is 7.38. The maximum atomic E-state index is 13.2. The van der Waals surface area contributed by atoms with E-state index in [1.54, 1.807) is 7.11 Å². The minimum Gasteiger partial charge on any atom is -0.493 e. The van der Waals surface area contributed by atoms with Gasteiger partial charge in [0.15, 0.2) is 11.5 Å². The Kier molecular flexibility index (Phi) is 5.93. The Balaban J connectivity index is 1.35. The summed E-state index contributed by atoms with van der Waals surface area (Å²) >= 11 is 6.45. The molecule has 32 heavy (non-hydrogen) atoms.